The number of allylic oxidation sites excluding steroid dienone is 2. The smallest absolute Gasteiger partial charge is 0.253 e. The summed E-state index contributed by atoms with van der Waals surface area (Å²) in [4.78, 5) is 56.6. The number of para-hydroxylation sites is 1. The van der Waals surface area contributed by atoms with Crippen molar-refractivity contribution >= 4 is 46.8 Å². The summed E-state index contributed by atoms with van der Waals surface area (Å²) in [5.74, 6) is -4.55. The Morgan fingerprint density at radius 1 is 0.909 bits per heavy atom. The number of phenols is 1. The molecule has 2 aromatic carbocycles. The van der Waals surface area contributed by atoms with E-state index >= 15 is 0 Å². The number of nitrogens with zero attached hydrogens (tertiary/aromatic N) is 3. The number of benzene rings is 2. The zero-order chi connectivity index (χ0) is 31.1. The van der Waals surface area contributed by atoms with E-state index in [0.717, 1.165) is 24.5 Å². The molecule has 0 spiro atoms. The maximum atomic E-state index is 14.3. The van der Waals surface area contributed by atoms with Crippen LogP contribution >= 0.6 is 23.2 Å². The fraction of sp³-hybridized carbons (Fsp3) is 0.471. The first-order valence-corrected chi connectivity index (χ1v) is 16.1. The van der Waals surface area contributed by atoms with Crippen molar-refractivity contribution in [2.45, 2.75) is 60.9 Å². The van der Waals surface area contributed by atoms with Crippen LogP contribution in [0.25, 0.3) is 0 Å². The third kappa shape index (κ3) is 4.00. The van der Waals surface area contributed by atoms with Crippen molar-refractivity contribution in [1.82, 2.24) is 14.7 Å². The van der Waals surface area contributed by atoms with Crippen molar-refractivity contribution in [3.63, 3.8) is 0 Å². The summed E-state index contributed by atoms with van der Waals surface area (Å²) in [6.07, 6.45) is 3.55. The first-order valence-electron chi connectivity index (χ1n) is 15.3. The van der Waals surface area contributed by atoms with Crippen molar-refractivity contribution in [2.24, 2.45) is 17.8 Å². The Morgan fingerprint density at radius 2 is 1.61 bits per heavy atom. The number of alkyl halides is 2. The van der Waals surface area contributed by atoms with Gasteiger partial charge in [-0.15, -0.1) is 23.2 Å². The maximum absolute atomic E-state index is 14.3. The summed E-state index contributed by atoms with van der Waals surface area (Å²) in [7, 11) is 1.36. The van der Waals surface area contributed by atoms with Crippen molar-refractivity contribution in [1.29, 1.82) is 0 Å². The topological polar surface area (TPSA) is 98.2 Å². The summed E-state index contributed by atoms with van der Waals surface area (Å²) in [6.45, 7) is 4.11. The largest absolute Gasteiger partial charge is 0.507 e. The number of hydrogen-bond acceptors (Lipinski definition) is 6. The van der Waals surface area contributed by atoms with E-state index in [9.17, 15) is 24.3 Å². The lowest BCUT2D eigenvalue weighted by Crippen LogP contribution is -2.60. The van der Waals surface area contributed by atoms with Gasteiger partial charge in [0.25, 0.3) is 11.8 Å². The number of carbonyl (C=O) groups excluding carboxylic acids is 4. The molecule has 1 saturated carbocycles. The average Bonchev–Trinajstić information content (AvgIpc) is 3.34. The molecule has 4 amide bonds. The maximum Gasteiger partial charge on any atom is 0.253 e. The number of imide groups is 2. The number of hydrogen-bond donors (Lipinski definition) is 1. The second kappa shape index (κ2) is 10.4. The molecule has 0 unspecified atom stereocenters. The fourth-order valence-electron chi connectivity index (χ4n) is 8.57. The number of phenolic OH excluding ortho intramolecular Hbond substituents is 1. The van der Waals surface area contributed by atoms with Crippen LogP contribution in [0.3, 0.4) is 0 Å². The number of aromatic hydroxyl groups is 1. The molecule has 230 valence electrons. The van der Waals surface area contributed by atoms with Crippen LogP contribution in [0.15, 0.2) is 60.2 Å². The van der Waals surface area contributed by atoms with Crippen molar-refractivity contribution < 1.29 is 24.3 Å². The first-order chi connectivity index (χ1) is 21.0. The normalized spacial score (nSPS) is 34.2. The summed E-state index contributed by atoms with van der Waals surface area (Å²) in [5.41, 5.74) is 2.89. The van der Waals surface area contributed by atoms with E-state index in [0.29, 0.717) is 36.0 Å². The van der Waals surface area contributed by atoms with Gasteiger partial charge in [-0.05, 0) is 49.7 Å². The summed E-state index contributed by atoms with van der Waals surface area (Å²) in [5, 5.41) is 11.2. The summed E-state index contributed by atoms with van der Waals surface area (Å²) >= 11 is 14.5. The molecule has 3 saturated heterocycles. The number of fused-ring (bicyclic) bond motifs is 4. The van der Waals surface area contributed by atoms with Gasteiger partial charge in [-0.25, -0.2) is 0 Å². The number of carbonyl (C=O) groups is 4. The molecule has 4 fully saturated rings. The molecule has 6 atom stereocenters. The van der Waals surface area contributed by atoms with Crippen LogP contribution in [-0.4, -0.2) is 79.4 Å². The van der Waals surface area contributed by atoms with Gasteiger partial charge in [0.05, 0.1) is 11.8 Å². The van der Waals surface area contributed by atoms with Gasteiger partial charge in [-0.3, -0.25) is 33.9 Å². The third-order valence-electron chi connectivity index (χ3n) is 10.8. The van der Waals surface area contributed by atoms with Gasteiger partial charge in [-0.2, -0.15) is 0 Å². The molecule has 0 aromatic heterocycles. The highest BCUT2D eigenvalue weighted by Gasteiger charge is 2.76. The molecule has 2 aliphatic carbocycles. The van der Waals surface area contributed by atoms with Crippen molar-refractivity contribution in [3.8, 4) is 5.75 Å². The molecular formula is C34H35Cl2N3O5. The number of rotatable bonds is 4. The van der Waals surface area contributed by atoms with E-state index in [2.05, 4.69) is 17.0 Å². The zero-order valence-corrected chi connectivity index (χ0v) is 26.2. The van der Waals surface area contributed by atoms with Crippen LogP contribution in [0.2, 0.25) is 0 Å². The van der Waals surface area contributed by atoms with E-state index < -0.39 is 45.2 Å². The Hall–Kier alpha value is -3.20. The van der Waals surface area contributed by atoms with E-state index in [1.165, 1.54) is 17.5 Å². The standard InChI is InChI=1S/C34H35Cl2N3O5/c1-19-7-6-10-24(28(19)40)27-22-11-12-23-26(25(22)17-33(35)31(43)37(2)32(44)34(27,33)36)30(42)39(29(23)41)21-13-15-38(16-14-21)18-20-8-4-3-5-9-20/h3-11,21,23,25-27,40H,12-18H2,1-2H3/t23-,25+,26-,27+,33+,34-/m0/s1. The highest BCUT2D eigenvalue weighted by Crippen LogP contribution is 2.66. The van der Waals surface area contributed by atoms with Gasteiger partial charge < -0.3 is 5.11 Å². The quantitative estimate of drug-likeness (QED) is 0.305. The van der Waals surface area contributed by atoms with Crippen LogP contribution in [0.1, 0.15) is 48.3 Å². The molecule has 10 heteroatoms. The molecule has 8 nitrogen and oxygen atoms in total. The molecule has 0 radical (unpaired) electrons. The van der Waals surface area contributed by atoms with Crippen LogP contribution in [0.4, 0.5) is 0 Å². The van der Waals surface area contributed by atoms with E-state index in [1.807, 2.05) is 24.3 Å². The minimum atomic E-state index is -1.90. The van der Waals surface area contributed by atoms with Gasteiger partial charge in [0.1, 0.15) is 5.75 Å². The minimum Gasteiger partial charge on any atom is -0.507 e. The molecule has 3 heterocycles. The Kier molecular flexibility index (Phi) is 6.99. The number of halogens is 2. The summed E-state index contributed by atoms with van der Waals surface area (Å²) < 4.78 is 0. The highest BCUT2D eigenvalue weighted by molar-refractivity contribution is 6.53. The van der Waals surface area contributed by atoms with Gasteiger partial charge >= 0.3 is 0 Å². The molecular weight excluding hydrogens is 601 g/mol. The molecule has 2 aromatic rings. The van der Waals surface area contributed by atoms with Gasteiger partial charge in [0.15, 0.2) is 9.75 Å². The first kappa shape index (κ1) is 29.5. The van der Waals surface area contributed by atoms with Crippen LogP contribution in [0.5, 0.6) is 5.75 Å². The van der Waals surface area contributed by atoms with E-state index in [1.54, 1.807) is 25.1 Å². The predicted octanol–water partition coefficient (Wildman–Crippen LogP) is 4.35. The van der Waals surface area contributed by atoms with Crippen molar-refractivity contribution in [2.75, 3.05) is 20.1 Å². The Labute approximate surface area is 266 Å². The highest BCUT2D eigenvalue weighted by atomic mass is 35.5. The van der Waals surface area contributed by atoms with Crippen LogP contribution < -0.4 is 0 Å². The van der Waals surface area contributed by atoms with Gasteiger partial charge in [0.2, 0.25) is 11.8 Å². The zero-order valence-electron chi connectivity index (χ0n) is 24.7. The molecule has 7 rings (SSSR count). The Balaban J connectivity index is 1.22. The lowest BCUT2D eigenvalue weighted by molar-refractivity contribution is -0.144. The number of likely N-dealkylation sites (tertiary alicyclic amines) is 3. The molecule has 3 aliphatic heterocycles. The second-order valence-corrected chi connectivity index (χ2v) is 14.3. The average molecular weight is 637 g/mol. The number of amides is 4. The molecule has 0 bridgehead atoms. The Bertz CT molecular complexity index is 1610. The fourth-order valence-corrected chi connectivity index (χ4v) is 9.58. The molecule has 5 aliphatic rings. The lowest BCUT2D eigenvalue weighted by Gasteiger charge is -2.51. The summed E-state index contributed by atoms with van der Waals surface area (Å²) in [6, 6.07) is 15.2. The molecule has 1 N–H and O–H groups in total. The van der Waals surface area contributed by atoms with Gasteiger partial charge in [0, 0.05) is 44.2 Å². The lowest BCUT2D eigenvalue weighted by atomic mass is 9.56. The third-order valence-corrected chi connectivity index (χ3v) is 12.2. The van der Waals surface area contributed by atoms with Crippen LogP contribution in [-0.2, 0) is 25.7 Å². The monoisotopic (exact) mass is 635 g/mol. The van der Waals surface area contributed by atoms with E-state index in [4.69, 9.17) is 23.2 Å². The minimum absolute atomic E-state index is 0.0345. The second-order valence-electron chi connectivity index (χ2n) is 13.1. The van der Waals surface area contributed by atoms with Gasteiger partial charge in [-0.1, -0.05) is 60.2 Å². The predicted molar refractivity (Wildman–Crippen MR) is 165 cm³/mol. The van der Waals surface area contributed by atoms with E-state index in [-0.39, 0.29) is 30.0 Å². The number of aryl methyl sites for hydroxylation is 1. The molecule has 44 heavy (non-hydrogen) atoms. The van der Waals surface area contributed by atoms with Crippen molar-refractivity contribution in [3.05, 3.63) is 76.9 Å². The SMILES string of the molecule is Cc1cccc([C@H]2C3=CC[C@@H]4C(=O)N(C5CCN(Cc6ccccc6)CC5)C(=O)[C@@H]4[C@@H]3C[C@@]3(Cl)C(=O)N(C)C(=O)[C@@]23Cl)c1O. The van der Waals surface area contributed by atoms with Crippen LogP contribution in [0, 0.1) is 24.7 Å². The Morgan fingerprint density at radius 3 is 2.32 bits per heavy atom. The number of piperidine rings is 1.